The number of rotatable bonds is 3. The number of carbonyl (C=O) groups is 1. The van der Waals surface area contributed by atoms with E-state index in [1.807, 2.05) is 48.0 Å². The highest BCUT2D eigenvalue weighted by Crippen LogP contribution is 2.45. The molecule has 1 fully saturated rings. The van der Waals surface area contributed by atoms with E-state index in [0.29, 0.717) is 5.56 Å². The van der Waals surface area contributed by atoms with Gasteiger partial charge in [0.1, 0.15) is 5.92 Å². The third-order valence-electron chi connectivity index (χ3n) is 5.13. The summed E-state index contributed by atoms with van der Waals surface area (Å²) in [6.07, 6.45) is 0. The van der Waals surface area contributed by atoms with E-state index in [0.717, 1.165) is 20.9 Å². The molecule has 1 amide bonds. The molecule has 2 atom stereocenters. The van der Waals surface area contributed by atoms with Crippen molar-refractivity contribution in [3.05, 3.63) is 68.5 Å². The van der Waals surface area contributed by atoms with E-state index < -0.39 is 11.5 Å². The van der Waals surface area contributed by atoms with E-state index in [1.165, 1.54) is 4.90 Å². The number of amides is 1. The van der Waals surface area contributed by atoms with Crippen molar-refractivity contribution < 1.29 is 4.79 Å². The molecular weight excluding hydrogens is 388 g/mol. The normalized spacial score (nSPS) is 22.0. The van der Waals surface area contributed by atoms with Gasteiger partial charge in [0.2, 0.25) is 5.91 Å². The van der Waals surface area contributed by atoms with Crippen molar-refractivity contribution in [3.63, 3.8) is 0 Å². The van der Waals surface area contributed by atoms with Crippen molar-refractivity contribution in [2.45, 2.75) is 18.4 Å². The van der Waals surface area contributed by atoms with Crippen molar-refractivity contribution in [1.82, 2.24) is 10.2 Å². The van der Waals surface area contributed by atoms with Gasteiger partial charge in [0.25, 0.3) is 0 Å². The lowest BCUT2D eigenvalue weighted by atomic mass is 9.80. The van der Waals surface area contributed by atoms with Crippen molar-refractivity contribution in [2.24, 2.45) is 0 Å². The van der Waals surface area contributed by atoms with Crippen LogP contribution in [0, 0.1) is 16.7 Å². The molecule has 0 radical (unpaired) electrons. The largest absolute Gasteiger partial charge is 0.345 e. The Morgan fingerprint density at radius 1 is 1.21 bits per heavy atom. The van der Waals surface area contributed by atoms with Gasteiger partial charge in [0, 0.05) is 16.8 Å². The second-order valence-electron chi connectivity index (χ2n) is 6.91. The molecule has 4 rings (SSSR count). The highest BCUT2D eigenvalue weighted by atomic mass is 32.1. The third kappa shape index (κ3) is 2.91. The fourth-order valence-electron chi connectivity index (χ4n) is 3.55. The van der Waals surface area contributed by atoms with Crippen LogP contribution in [0.1, 0.15) is 28.2 Å². The van der Waals surface area contributed by atoms with Gasteiger partial charge in [-0.1, -0.05) is 18.2 Å². The van der Waals surface area contributed by atoms with Gasteiger partial charge in [-0.3, -0.25) is 15.1 Å². The smallest absolute Gasteiger partial charge is 0.240 e. The average Bonchev–Trinajstić information content (AvgIpc) is 3.39. The van der Waals surface area contributed by atoms with E-state index in [9.17, 15) is 4.79 Å². The first-order valence-corrected chi connectivity index (χ1v) is 10.5. The zero-order chi connectivity index (χ0) is 19.9. The lowest BCUT2D eigenvalue weighted by Crippen LogP contribution is -2.62. The monoisotopic (exact) mass is 406 g/mol. The number of carbonyl (C=O) groups excluding carboxylic acids is 1. The Kier molecular flexibility index (Phi) is 4.53. The Hall–Kier alpha value is -2.95. The van der Waals surface area contributed by atoms with Crippen LogP contribution in [0.25, 0.3) is 11.1 Å². The van der Waals surface area contributed by atoms with Gasteiger partial charge in [-0.2, -0.15) is 5.26 Å². The number of thiophene rings is 2. The predicted octanol–water partition coefficient (Wildman–Crippen LogP) is 4.34. The molecule has 1 saturated heterocycles. The second-order valence-corrected chi connectivity index (χ2v) is 8.80. The van der Waals surface area contributed by atoms with Gasteiger partial charge in [0.15, 0.2) is 5.96 Å². The molecule has 0 bridgehead atoms. The molecule has 2 N–H and O–H groups in total. The number of nitrogens with one attached hydrogen (secondary N) is 2. The second kappa shape index (κ2) is 6.89. The van der Waals surface area contributed by atoms with Gasteiger partial charge in [0.05, 0.1) is 17.2 Å². The number of hydrogen-bond donors (Lipinski definition) is 2. The van der Waals surface area contributed by atoms with E-state index in [4.69, 9.17) is 10.7 Å². The minimum atomic E-state index is -0.721. The van der Waals surface area contributed by atoms with Gasteiger partial charge in [-0.25, -0.2) is 0 Å². The maximum absolute atomic E-state index is 13.1. The van der Waals surface area contributed by atoms with Crippen molar-refractivity contribution in [1.29, 1.82) is 10.7 Å². The van der Waals surface area contributed by atoms with Crippen LogP contribution in [0.15, 0.2) is 53.2 Å². The Balaban J connectivity index is 1.79. The van der Waals surface area contributed by atoms with E-state index in [2.05, 4.69) is 17.5 Å². The van der Waals surface area contributed by atoms with Gasteiger partial charge in [-0.15, -0.1) is 22.7 Å². The molecule has 5 nitrogen and oxygen atoms in total. The molecule has 3 aromatic rings. The molecule has 7 heteroatoms. The fraction of sp³-hybridized carbons (Fsp3) is 0.190. The maximum atomic E-state index is 13.1. The van der Waals surface area contributed by atoms with E-state index in [-0.39, 0.29) is 11.9 Å². The summed E-state index contributed by atoms with van der Waals surface area (Å²) in [4.78, 5) is 16.4. The molecule has 0 spiro atoms. The molecule has 140 valence electrons. The molecule has 3 heterocycles. The van der Waals surface area contributed by atoms with E-state index in [1.54, 1.807) is 35.8 Å². The number of hydrogen-bond acceptors (Lipinski definition) is 5. The molecule has 0 saturated carbocycles. The lowest BCUT2D eigenvalue weighted by molar-refractivity contribution is -0.131. The summed E-state index contributed by atoms with van der Waals surface area (Å²) in [6, 6.07) is 15.6. The highest BCUT2D eigenvalue weighted by Gasteiger charge is 2.49. The van der Waals surface area contributed by atoms with Gasteiger partial charge < -0.3 is 5.32 Å². The Morgan fingerprint density at radius 3 is 2.75 bits per heavy atom. The predicted molar refractivity (Wildman–Crippen MR) is 113 cm³/mol. The Morgan fingerprint density at radius 2 is 2.04 bits per heavy atom. The summed E-state index contributed by atoms with van der Waals surface area (Å²) in [7, 11) is 1.63. The zero-order valence-electron chi connectivity index (χ0n) is 15.4. The quantitative estimate of drug-likeness (QED) is 0.679. The summed E-state index contributed by atoms with van der Waals surface area (Å²) < 4.78 is 0. The number of likely N-dealkylation sites (N-methyl/N-ethyl adjacent to an activating group) is 1. The van der Waals surface area contributed by atoms with Crippen LogP contribution in [-0.4, -0.2) is 23.8 Å². The van der Waals surface area contributed by atoms with Crippen molar-refractivity contribution >= 4 is 34.5 Å². The van der Waals surface area contributed by atoms with E-state index >= 15 is 0 Å². The summed E-state index contributed by atoms with van der Waals surface area (Å²) in [5.74, 6) is -0.402. The number of benzene rings is 1. The van der Waals surface area contributed by atoms with Crippen LogP contribution in [0.2, 0.25) is 0 Å². The summed E-state index contributed by atoms with van der Waals surface area (Å²) in [5.41, 5.74) is 1.86. The first kappa shape index (κ1) is 18.4. The fourth-order valence-corrected chi connectivity index (χ4v) is 5.56. The molecule has 0 aliphatic carbocycles. The molecule has 0 unspecified atom stereocenters. The molecule has 1 aromatic carbocycles. The van der Waals surface area contributed by atoms with Crippen LogP contribution in [-0.2, 0) is 10.3 Å². The topological polar surface area (TPSA) is 80.0 Å². The molecule has 2 aromatic heterocycles. The number of nitrogens with zero attached hydrogens (tertiary/aromatic N) is 2. The summed E-state index contributed by atoms with van der Waals surface area (Å²) in [6.45, 7) is 1.98. The van der Waals surface area contributed by atoms with Crippen molar-refractivity contribution in [2.75, 3.05) is 7.05 Å². The molecular formula is C21H18N4OS2. The standard InChI is InChI=1S/C21H18N4OS2/c1-21(17-10-15(12-28-17)14-6-3-5-13(9-14)11-22)18(16-7-4-8-27-16)19(26)25(2)20(23)24-21/h3-10,12,18H,1-2H3,(H2,23,24)/t18-,21+/m0/s1. The van der Waals surface area contributed by atoms with Crippen LogP contribution < -0.4 is 5.32 Å². The summed E-state index contributed by atoms with van der Waals surface area (Å²) in [5, 5.41) is 24.7. The summed E-state index contributed by atoms with van der Waals surface area (Å²) >= 11 is 3.11. The highest BCUT2D eigenvalue weighted by molar-refractivity contribution is 7.11. The van der Waals surface area contributed by atoms with Crippen molar-refractivity contribution in [3.8, 4) is 17.2 Å². The maximum Gasteiger partial charge on any atom is 0.240 e. The lowest BCUT2D eigenvalue weighted by Gasteiger charge is -2.44. The molecule has 1 aliphatic heterocycles. The first-order chi connectivity index (χ1) is 13.4. The minimum Gasteiger partial charge on any atom is -0.345 e. The number of nitriles is 1. The van der Waals surface area contributed by atoms with Crippen LogP contribution in [0.3, 0.4) is 0 Å². The first-order valence-electron chi connectivity index (χ1n) is 8.71. The zero-order valence-corrected chi connectivity index (χ0v) is 17.0. The van der Waals surface area contributed by atoms with Crippen LogP contribution in [0.5, 0.6) is 0 Å². The third-order valence-corrected chi connectivity index (χ3v) is 7.24. The van der Waals surface area contributed by atoms with Gasteiger partial charge in [-0.05, 0) is 53.1 Å². The van der Waals surface area contributed by atoms with Gasteiger partial charge >= 0.3 is 0 Å². The number of guanidine groups is 1. The Bertz CT molecular complexity index is 1100. The Labute approximate surface area is 171 Å². The SMILES string of the molecule is CN1C(=N)N[C@](C)(c2cc(-c3cccc(C#N)c3)cs2)[C@@H](c2cccs2)C1=O. The average molecular weight is 407 g/mol. The minimum absolute atomic E-state index is 0.0878. The molecule has 28 heavy (non-hydrogen) atoms. The molecule has 1 aliphatic rings. The van der Waals surface area contributed by atoms with Crippen LogP contribution in [0.4, 0.5) is 0 Å². The van der Waals surface area contributed by atoms with Crippen LogP contribution >= 0.6 is 22.7 Å².